The van der Waals surface area contributed by atoms with Crippen LogP contribution in [0.1, 0.15) is 31.3 Å². The topological polar surface area (TPSA) is 53.8 Å². The third-order valence-electron chi connectivity index (χ3n) is 2.78. The summed E-state index contributed by atoms with van der Waals surface area (Å²) in [7, 11) is 0. The van der Waals surface area contributed by atoms with Crippen molar-refractivity contribution in [3.63, 3.8) is 0 Å². The number of H-pyrrole nitrogens is 1. The Balaban J connectivity index is 2.42. The van der Waals surface area contributed by atoms with Gasteiger partial charge in [-0.2, -0.15) is 5.10 Å². The van der Waals surface area contributed by atoms with E-state index < -0.39 is 6.10 Å². The van der Waals surface area contributed by atoms with Crippen LogP contribution in [0.3, 0.4) is 0 Å². The van der Waals surface area contributed by atoms with Crippen LogP contribution in [-0.4, -0.2) is 19.9 Å². The number of hydrogen-bond acceptors (Lipinski definition) is 3. The van der Waals surface area contributed by atoms with Crippen molar-refractivity contribution in [2.75, 3.05) is 0 Å². The number of aliphatic hydroxyl groups excluding tert-OH is 1. The maximum absolute atomic E-state index is 10.4. The third-order valence-corrected chi connectivity index (χ3v) is 3.44. The molecule has 0 saturated carbocycles. The van der Waals surface area contributed by atoms with Gasteiger partial charge >= 0.3 is 0 Å². The third kappa shape index (κ3) is 3.05. The first-order chi connectivity index (χ1) is 9.00. The summed E-state index contributed by atoms with van der Waals surface area (Å²) < 4.78 is 2.32. The molecular formula is C13H16ClN3OS. The van der Waals surface area contributed by atoms with Gasteiger partial charge in [-0.15, -0.1) is 0 Å². The van der Waals surface area contributed by atoms with E-state index in [1.807, 2.05) is 16.7 Å². The lowest BCUT2D eigenvalue weighted by atomic mass is 10.1. The smallest absolute Gasteiger partial charge is 0.195 e. The van der Waals surface area contributed by atoms with E-state index in [9.17, 15) is 5.11 Å². The number of benzene rings is 1. The summed E-state index contributed by atoms with van der Waals surface area (Å²) >= 11 is 11.3. The minimum atomic E-state index is -0.889. The standard InChI is InChI=1S/C13H16ClN3OS/c1-8(2)7-17-12(15-16-13(17)19)11(18)9-5-3-4-6-10(9)14/h3-6,8,11,18H,7H2,1-2H3,(H,16,19). The van der Waals surface area contributed by atoms with Crippen LogP contribution in [0.2, 0.25) is 5.02 Å². The molecule has 1 atom stereocenters. The molecule has 6 heteroatoms. The number of rotatable bonds is 4. The molecule has 0 aliphatic rings. The Hall–Kier alpha value is -1.17. The molecule has 0 saturated heterocycles. The first-order valence-electron chi connectivity index (χ1n) is 6.08. The van der Waals surface area contributed by atoms with E-state index >= 15 is 0 Å². The molecule has 1 heterocycles. The van der Waals surface area contributed by atoms with E-state index in [0.29, 0.717) is 33.6 Å². The minimum absolute atomic E-state index is 0.404. The van der Waals surface area contributed by atoms with Gasteiger partial charge in [-0.3, -0.25) is 5.10 Å². The molecule has 1 aromatic carbocycles. The number of hydrogen-bond donors (Lipinski definition) is 2. The van der Waals surface area contributed by atoms with Crippen LogP contribution in [0, 0.1) is 10.7 Å². The summed E-state index contributed by atoms with van der Waals surface area (Å²) in [6.07, 6.45) is -0.889. The minimum Gasteiger partial charge on any atom is -0.380 e. The SMILES string of the molecule is CC(C)Cn1c(C(O)c2ccccc2Cl)n[nH]c1=S. The summed E-state index contributed by atoms with van der Waals surface area (Å²) in [5.74, 6) is 0.897. The summed E-state index contributed by atoms with van der Waals surface area (Å²) in [6.45, 7) is 4.87. The number of nitrogens with one attached hydrogen (secondary N) is 1. The lowest BCUT2D eigenvalue weighted by Crippen LogP contribution is -2.13. The molecule has 0 bridgehead atoms. The van der Waals surface area contributed by atoms with E-state index in [1.54, 1.807) is 12.1 Å². The Morgan fingerprint density at radius 2 is 2.11 bits per heavy atom. The van der Waals surface area contributed by atoms with Crippen LogP contribution in [-0.2, 0) is 6.54 Å². The number of nitrogens with zero attached hydrogens (tertiary/aromatic N) is 2. The molecule has 102 valence electrons. The Kier molecular flexibility index (Phi) is 4.39. The van der Waals surface area contributed by atoms with Crippen molar-refractivity contribution in [3.8, 4) is 0 Å². The van der Waals surface area contributed by atoms with Crippen molar-refractivity contribution >= 4 is 23.8 Å². The van der Waals surface area contributed by atoms with Crippen LogP contribution in [0.5, 0.6) is 0 Å². The second-order valence-corrected chi connectivity index (χ2v) is 5.61. The van der Waals surface area contributed by atoms with Crippen LogP contribution < -0.4 is 0 Å². The number of aromatic nitrogens is 3. The monoisotopic (exact) mass is 297 g/mol. The van der Waals surface area contributed by atoms with E-state index in [0.717, 1.165) is 0 Å². The van der Waals surface area contributed by atoms with Crippen molar-refractivity contribution in [1.82, 2.24) is 14.8 Å². The number of aliphatic hydroxyl groups is 1. The Morgan fingerprint density at radius 3 is 2.74 bits per heavy atom. The molecule has 1 unspecified atom stereocenters. The first-order valence-corrected chi connectivity index (χ1v) is 6.87. The second kappa shape index (κ2) is 5.86. The van der Waals surface area contributed by atoms with Gasteiger partial charge in [0.25, 0.3) is 0 Å². The fourth-order valence-corrected chi connectivity index (χ4v) is 2.37. The van der Waals surface area contributed by atoms with Gasteiger partial charge in [-0.1, -0.05) is 43.6 Å². The molecule has 0 spiro atoms. The van der Waals surface area contributed by atoms with Gasteiger partial charge < -0.3 is 9.67 Å². The zero-order valence-electron chi connectivity index (χ0n) is 10.8. The Morgan fingerprint density at radius 1 is 1.42 bits per heavy atom. The molecule has 4 nitrogen and oxygen atoms in total. The number of aromatic amines is 1. The summed E-state index contributed by atoms with van der Waals surface area (Å²) in [5, 5.41) is 17.8. The Bertz CT molecular complexity index is 620. The van der Waals surface area contributed by atoms with Crippen LogP contribution in [0.25, 0.3) is 0 Å². The molecule has 2 N–H and O–H groups in total. The van der Waals surface area contributed by atoms with Gasteiger partial charge in [0, 0.05) is 17.1 Å². The average Bonchev–Trinajstić information content (AvgIpc) is 2.70. The van der Waals surface area contributed by atoms with Crippen LogP contribution >= 0.6 is 23.8 Å². The molecule has 1 aromatic heterocycles. The second-order valence-electron chi connectivity index (χ2n) is 4.82. The molecule has 0 radical (unpaired) electrons. The summed E-state index contributed by atoms with van der Waals surface area (Å²) in [6, 6.07) is 7.18. The van der Waals surface area contributed by atoms with Crippen molar-refractivity contribution in [3.05, 3.63) is 45.4 Å². The molecule has 0 aliphatic carbocycles. The maximum atomic E-state index is 10.4. The predicted octanol–water partition coefficient (Wildman–Crippen LogP) is 3.33. The van der Waals surface area contributed by atoms with Gasteiger partial charge in [0.2, 0.25) is 0 Å². The fourth-order valence-electron chi connectivity index (χ4n) is 1.92. The van der Waals surface area contributed by atoms with Gasteiger partial charge in [0.05, 0.1) is 0 Å². The fraction of sp³-hybridized carbons (Fsp3) is 0.385. The van der Waals surface area contributed by atoms with Gasteiger partial charge in [-0.25, -0.2) is 0 Å². The van der Waals surface area contributed by atoms with Crippen LogP contribution in [0.4, 0.5) is 0 Å². The van der Waals surface area contributed by atoms with E-state index in [4.69, 9.17) is 23.8 Å². The molecule has 19 heavy (non-hydrogen) atoms. The van der Waals surface area contributed by atoms with Gasteiger partial charge in [0.1, 0.15) is 6.10 Å². The lowest BCUT2D eigenvalue weighted by molar-refractivity contribution is 0.202. The largest absolute Gasteiger partial charge is 0.380 e. The zero-order valence-corrected chi connectivity index (χ0v) is 12.4. The van der Waals surface area contributed by atoms with Gasteiger partial charge in [0.15, 0.2) is 10.6 Å². The zero-order chi connectivity index (χ0) is 14.0. The average molecular weight is 298 g/mol. The molecular weight excluding hydrogens is 282 g/mol. The van der Waals surface area contributed by atoms with Crippen molar-refractivity contribution < 1.29 is 5.11 Å². The highest BCUT2D eigenvalue weighted by Gasteiger charge is 2.20. The molecule has 0 fully saturated rings. The molecule has 2 rings (SSSR count). The van der Waals surface area contributed by atoms with E-state index in [2.05, 4.69) is 24.0 Å². The first kappa shape index (κ1) is 14.2. The maximum Gasteiger partial charge on any atom is 0.195 e. The van der Waals surface area contributed by atoms with Crippen molar-refractivity contribution in [2.45, 2.75) is 26.5 Å². The highest BCUT2D eigenvalue weighted by atomic mass is 35.5. The molecule has 2 aromatic rings. The normalized spacial score (nSPS) is 12.9. The van der Waals surface area contributed by atoms with Gasteiger partial charge in [-0.05, 0) is 24.2 Å². The van der Waals surface area contributed by atoms with E-state index in [1.165, 1.54) is 0 Å². The predicted molar refractivity (Wildman–Crippen MR) is 77.8 cm³/mol. The van der Waals surface area contributed by atoms with Crippen molar-refractivity contribution in [1.29, 1.82) is 0 Å². The molecule has 0 aliphatic heterocycles. The number of halogens is 1. The summed E-state index contributed by atoms with van der Waals surface area (Å²) in [5.41, 5.74) is 0.628. The van der Waals surface area contributed by atoms with E-state index in [-0.39, 0.29) is 0 Å². The highest BCUT2D eigenvalue weighted by molar-refractivity contribution is 7.71. The highest BCUT2D eigenvalue weighted by Crippen LogP contribution is 2.27. The van der Waals surface area contributed by atoms with Crippen molar-refractivity contribution in [2.24, 2.45) is 5.92 Å². The lowest BCUT2D eigenvalue weighted by Gasteiger charge is -2.15. The molecule has 0 amide bonds. The van der Waals surface area contributed by atoms with Crippen LogP contribution in [0.15, 0.2) is 24.3 Å². The Labute approximate surface area is 122 Å². The quantitative estimate of drug-likeness (QED) is 0.851. The summed E-state index contributed by atoms with van der Waals surface area (Å²) in [4.78, 5) is 0.